The van der Waals surface area contributed by atoms with Crippen LogP contribution in [0, 0.1) is 10.1 Å². The fourth-order valence-electron chi connectivity index (χ4n) is 2.21. The van der Waals surface area contributed by atoms with Crippen LogP contribution in [-0.4, -0.2) is 33.0 Å². The summed E-state index contributed by atoms with van der Waals surface area (Å²) < 4.78 is 10.9. The number of nitro groups is 1. The summed E-state index contributed by atoms with van der Waals surface area (Å²) in [4.78, 5) is 46.0. The average Bonchev–Trinajstić information content (AvgIpc) is 2.80. The van der Waals surface area contributed by atoms with Gasteiger partial charge in [-0.25, -0.2) is 4.79 Å². The SMILES string of the molecule is C[C@@H](OC(=O)Cn1c(=O)oc2cc([N+](=O)[O-])ccc21)C(=O)NC(C)(C)C. The van der Waals surface area contributed by atoms with Crippen molar-refractivity contribution in [2.75, 3.05) is 0 Å². The van der Waals surface area contributed by atoms with Gasteiger partial charge in [-0.3, -0.25) is 24.3 Å². The van der Waals surface area contributed by atoms with E-state index < -0.39 is 40.7 Å². The molecule has 1 N–H and O–H groups in total. The first-order chi connectivity index (χ1) is 12.0. The van der Waals surface area contributed by atoms with Gasteiger partial charge in [0.05, 0.1) is 16.5 Å². The number of carbonyl (C=O) groups excluding carboxylic acids is 2. The fraction of sp³-hybridized carbons (Fsp3) is 0.438. The monoisotopic (exact) mass is 365 g/mol. The highest BCUT2D eigenvalue weighted by Crippen LogP contribution is 2.20. The van der Waals surface area contributed by atoms with Crippen LogP contribution in [0.4, 0.5) is 5.69 Å². The van der Waals surface area contributed by atoms with Crippen molar-refractivity contribution in [1.82, 2.24) is 9.88 Å². The normalized spacial score (nSPS) is 12.6. The minimum Gasteiger partial charge on any atom is -0.451 e. The second-order valence-electron chi connectivity index (χ2n) is 6.73. The Kier molecular flexibility index (Phi) is 5.15. The van der Waals surface area contributed by atoms with Gasteiger partial charge in [0.2, 0.25) is 0 Å². The van der Waals surface area contributed by atoms with Crippen LogP contribution in [0.2, 0.25) is 0 Å². The Morgan fingerprint density at radius 1 is 1.38 bits per heavy atom. The topological polar surface area (TPSA) is 134 Å². The lowest BCUT2D eigenvalue weighted by atomic mass is 10.1. The molecule has 0 aliphatic rings. The number of nitrogens with one attached hydrogen (secondary N) is 1. The standard InChI is InChI=1S/C16H19N3O7/c1-9(14(21)17-16(2,3)4)25-13(20)8-18-11-6-5-10(19(23)24)7-12(11)26-15(18)22/h5-7,9H,8H2,1-4H3,(H,17,21)/t9-/m1/s1. The van der Waals surface area contributed by atoms with Gasteiger partial charge in [0.15, 0.2) is 11.7 Å². The molecule has 1 amide bonds. The Morgan fingerprint density at radius 2 is 2.04 bits per heavy atom. The highest BCUT2D eigenvalue weighted by molar-refractivity contribution is 5.84. The lowest BCUT2D eigenvalue weighted by molar-refractivity contribution is -0.384. The number of aromatic nitrogens is 1. The maximum atomic E-state index is 12.1. The van der Waals surface area contributed by atoms with E-state index in [4.69, 9.17) is 9.15 Å². The molecule has 2 rings (SSSR count). The summed E-state index contributed by atoms with van der Waals surface area (Å²) in [7, 11) is 0. The molecule has 0 unspecified atom stereocenters. The van der Waals surface area contributed by atoms with Crippen LogP contribution in [0.3, 0.4) is 0 Å². The molecule has 0 saturated carbocycles. The molecule has 1 aromatic carbocycles. The third-order valence-corrected chi connectivity index (χ3v) is 3.33. The predicted molar refractivity (Wildman–Crippen MR) is 90.6 cm³/mol. The zero-order valence-corrected chi connectivity index (χ0v) is 14.8. The van der Waals surface area contributed by atoms with Crippen molar-refractivity contribution in [3.63, 3.8) is 0 Å². The van der Waals surface area contributed by atoms with Gasteiger partial charge >= 0.3 is 11.7 Å². The largest absolute Gasteiger partial charge is 0.451 e. The summed E-state index contributed by atoms with van der Waals surface area (Å²) in [5.41, 5.74) is -0.530. The molecule has 0 aliphatic carbocycles. The molecule has 0 radical (unpaired) electrons. The third-order valence-electron chi connectivity index (χ3n) is 3.33. The zero-order chi connectivity index (χ0) is 19.6. The number of esters is 1. The molecule has 0 aliphatic heterocycles. The molecule has 1 atom stereocenters. The van der Waals surface area contributed by atoms with Crippen molar-refractivity contribution in [3.8, 4) is 0 Å². The van der Waals surface area contributed by atoms with Crippen LogP contribution in [0.1, 0.15) is 27.7 Å². The second kappa shape index (κ2) is 6.98. The van der Waals surface area contributed by atoms with Crippen LogP contribution < -0.4 is 11.1 Å². The van der Waals surface area contributed by atoms with E-state index in [-0.39, 0.29) is 16.8 Å². The number of nitrogens with zero attached hydrogens (tertiary/aromatic N) is 2. The number of rotatable bonds is 5. The van der Waals surface area contributed by atoms with Crippen molar-refractivity contribution >= 4 is 28.7 Å². The molecule has 2 aromatic rings. The van der Waals surface area contributed by atoms with Gasteiger partial charge in [-0.1, -0.05) is 0 Å². The van der Waals surface area contributed by atoms with Crippen molar-refractivity contribution in [2.45, 2.75) is 45.9 Å². The van der Waals surface area contributed by atoms with Crippen LogP contribution >= 0.6 is 0 Å². The van der Waals surface area contributed by atoms with E-state index in [0.717, 1.165) is 10.6 Å². The number of hydrogen-bond acceptors (Lipinski definition) is 7. The van der Waals surface area contributed by atoms with Gasteiger partial charge in [0.1, 0.15) is 6.54 Å². The number of hydrogen-bond donors (Lipinski definition) is 1. The van der Waals surface area contributed by atoms with Gasteiger partial charge in [0.25, 0.3) is 11.6 Å². The summed E-state index contributed by atoms with van der Waals surface area (Å²) >= 11 is 0. The lowest BCUT2D eigenvalue weighted by Crippen LogP contribution is -2.46. The van der Waals surface area contributed by atoms with Gasteiger partial charge in [-0.15, -0.1) is 0 Å². The first kappa shape index (κ1) is 19.2. The van der Waals surface area contributed by atoms with Gasteiger partial charge in [-0.2, -0.15) is 0 Å². The molecule has 0 spiro atoms. The van der Waals surface area contributed by atoms with Gasteiger partial charge < -0.3 is 14.5 Å². The number of oxazole rings is 1. The third kappa shape index (κ3) is 4.47. The minimum atomic E-state index is -1.04. The van der Waals surface area contributed by atoms with Crippen molar-refractivity contribution in [1.29, 1.82) is 0 Å². The molecule has 1 aromatic heterocycles. The average molecular weight is 365 g/mol. The molecule has 10 heteroatoms. The van der Waals surface area contributed by atoms with Crippen LogP contribution in [-0.2, 0) is 20.9 Å². The molecule has 0 saturated heterocycles. The van der Waals surface area contributed by atoms with Crippen molar-refractivity contribution in [2.24, 2.45) is 0 Å². The number of amides is 1. The summed E-state index contributed by atoms with van der Waals surface area (Å²) in [6, 6.07) is 3.60. The van der Waals surface area contributed by atoms with E-state index in [1.165, 1.54) is 19.1 Å². The number of fused-ring (bicyclic) bond motifs is 1. The number of benzene rings is 1. The van der Waals surface area contributed by atoms with Crippen LogP contribution in [0.5, 0.6) is 0 Å². The fourth-order valence-corrected chi connectivity index (χ4v) is 2.21. The highest BCUT2D eigenvalue weighted by Gasteiger charge is 2.23. The molecular formula is C16H19N3O7. The Morgan fingerprint density at radius 3 is 2.62 bits per heavy atom. The molecule has 140 valence electrons. The molecule has 26 heavy (non-hydrogen) atoms. The summed E-state index contributed by atoms with van der Waals surface area (Å²) in [6.45, 7) is 6.29. The number of carbonyl (C=O) groups is 2. The first-order valence-electron chi connectivity index (χ1n) is 7.77. The Hall–Kier alpha value is -3.17. The maximum Gasteiger partial charge on any atom is 0.420 e. The number of ether oxygens (including phenoxy) is 1. The Labute approximate surface area is 147 Å². The lowest BCUT2D eigenvalue weighted by Gasteiger charge is -2.23. The van der Waals surface area contributed by atoms with E-state index >= 15 is 0 Å². The summed E-state index contributed by atoms with van der Waals surface area (Å²) in [6.07, 6.45) is -1.04. The second-order valence-corrected chi connectivity index (χ2v) is 6.73. The van der Waals surface area contributed by atoms with E-state index in [1.807, 2.05) is 0 Å². The van der Waals surface area contributed by atoms with Gasteiger partial charge in [0, 0.05) is 11.6 Å². The number of non-ortho nitro benzene ring substituents is 1. The van der Waals surface area contributed by atoms with Crippen molar-refractivity contribution < 1.29 is 23.7 Å². The quantitative estimate of drug-likeness (QED) is 0.480. The van der Waals surface area contributed by atoms with E-state index in [0.29, 0.717) is 0 Å². The van der Waals surface area contributed by atoms with Crippen LogP contribution in [0.15, 0.2) is 27.4 Å². The molecular weight excluding hydrogens is 346 g/mol. The predicted octanol–water partition coefficient (Wildman–Crippen LogP) is 1.35. The molecule has 10 nitrogen and oxygen atoms in total. The van der Waals surface area contributed by atoms with Gasteiger partial charge in [-0.05, 0) is 33.8 Å². The van der Waals surface area contributed by atoms with E-state index in [9.17, 15) is 24.5 Å². The Balaban J connectivity index is 2.14. The van der Waals surface area contributed by atoms with E-state index in [1.54, 1.807) is 20.8 Å². The Bertz CT molecular complexity index is 920. The summed E-state index contributed by atoms with van der Waals surface area (Å²) in [5.74, 6) is -2.14. The summed E-state index contributed by atoms with van der Waals surface area (Å²) in [5, 5.41) is 13.4. The first-order valence-corrected chi connectivity index (χ1v) is 7.77. The van der Waals surface area contributed by atoms with Crippen LogP contribution in [0.25, 0.3) is 11.1 Å². The van der Waals surface area contributed by atoms with Crippen molar-refractivity contribution in [3.05, 3.63) is 38.9 Å². The van der Waals surface area contributed by atoms with E-state index in [2.05, 4.69) is 5.32 Å². The smallest absolute Gasteiger partial charge is 0.420 e. The maximum absolute atomic E-state index is 12.1. The molecule has 1 heterocycles. The molecule has 0 bridgehead atoms. The zero-order valence-electron chi connectivity index (χ0n) is 14.8. The highest BCUT2D eigenvalue weighted by atomic mass is 16.6. The molecule has 0 fully saturated rings. The number of nitro benzene ring substituents is 1. The minimum absolute atomic E-state index is 0.0180.